The van der Waals surface area contributed by atoms with Gasteiger partial charge in [0.1, 0.15) is 6.29 Å². The summed E-state index contributed by atoms with van der Waals surface area (Å²) in [7, 11) is 0. The van der Waals surface area contributed by atoms with Crippen LogP contribution in [0.25, 0.3) is 6.08 Å². The molecule has 0 saturated heterocycles. The summed E-state index contributed by atoms with van der Waals surface area (Å²) in [6.45, 7) is 0. The zero-order valence-electron chi connectivity index (χ0n) is 9.05. The highest BCUT2D eigenvalue weighted by molar-refractivity contribution is 5.66. The number of hydrogen-bond donors (Lipinski definition) is 0. The topological polar surface area (TPSA) is 17.1 Å². The Hall–Kier alpha value is -1.58. The van der Waals surface area contributed by atoms with Gasteiger partial charge in [-0.25, -0.2) is 0 Å². The van der Waals surface area contributed by atoms with E-state index >= 15 is 0 Å². The van der Waals surface area contributed by atoms with Gasteiger partial charge in [0.15, 0.2) is 0 Å². The first-order valence-corrected chi connectivity index (χ1v) is 5.34. The third-order valence-corrected chi connectivity index (χ3v) is 2.89. The van der Waals surface area contributed by atoms with Gasteiger partial charge in [-0.3, -0.25) is 0 Å². The van der Waals surface area contributed by atoms with E-state index < -0.39 is 11.7 Å². The molecule has 0 unspecified atom stereocenters. The molecule has 1 aliphatic rings. The SMILES string of the molecule is O=CCC1=Cc2cc(C(F)(F)F)ccc2CC1. The first-order valence-electron chi connectivity index (χ1n) is 5.34. The highest BCUT2D eigenvalue weighted by Gasteiger charge is 2.31. The van der Waals surface area contributed by atoms with Gasteiger partial charge >= 0.3 is 6.18 Å². The van der Waals surface area contributed by atoms with Crippen molar-refractivity contribution in [3.8, 4) is 0 Å². The van der Waals surface area contributed by atoms with Gasteiger partial charge in [0.2, 0.25) is 0 Å². The number of aldehydes is 1. The second-order valence-corrected chi connectivity index (χ2v) is 4.08. The maximum absolute atomic E-state index is 12.5. The van der Waals surface area contributed by atoms with E-state index in [-0.39, 0.29) is 0 Å². The van der Waals surface area contributed by atoms with Crippen molar-refractivity contribution in [3.05, 3.63) is 40.5 Å². The predicted molar refractivity (Wildman–Crippen MR) is 58.4 cm³/mol. The number of aryl methyl sites for hydroxylation is 1. The molecule has 0 aliphatic heterocycles. The Labute approximate surface area is 96.9 Å². The minimum Gasteiger partial charge on any atom is -0.303 e. The Balaban J connectivity index is 2.39. The summed E-state index contributed by atoms with van der Waals surface area (Å²) in [5.74, 6) is 0. The van der Waals surface area contributed by atoms with Crippen LogP contribution in [-0.2, 0) is 17.4 Å². The number of carbonyl (C=O) groups excluding carboxylic acids is 1. The summed E-state index contributed by atoms with van der Waals surface area (Å²) in [6.07, 6.45) is -0.0853. The summed E-state index contributed by atoms with van der Waals surface area (Å²) < 4.78 is 37.6. The second kappa shape index (κ2) is 4.35. The molecule has 90 valence electrons. The number of allylic oxidation sites excluding steroid dienone is 1. The first kappa shape index (κ1) is 11.9. The minimum absolute atomic E-state index is 0.301. The molecule has 1 aliphatic carbocycles. The van der Waals surface area contributed by atoms with Crippen LogP contribution in [0.2, 0.25) is 0 Å². The monoisotopic (exact) mass is 240 g/mol. The van der Waals surface area contributed by atoms with Crippen molar-refractivity contribution in [2.45, 2.75) is 25.4 Å². The van der Waals surface area contributed by atoms with E-state index in [1.165, 1.54) is 6.07 Å². The normalized spacial score (nSPS) is 15.1. The van der Waals surface area contributed by atoms with Gasteiger partial charge in [-0.05, 0) is 36.1 Å². The number of alkyl halides is 3. The van der Waals surface area contributed by atoms with Crippen molar-refractivity contribution in [3.63, 3.8) is 0 Å². The van der Waals surface area contributed by atoms with E-state index in [1.54, 1.807) is 6.08 Å². The van der Waals surface area contributed by atoms with E-state index in [4.69, 9.17) is 0 Å². The quantitative estimate of drug-likeness (QED) is 0.721. The summed E-state index contributed by atoms with van der Waals surface area (Å²) >= 11 is 0. The third kappa shape index (κ3) is 2.57. The minimum atomic E-state index is -4.31. The van der Waals surface area contributed by atoms with Crippen LogP contribution >= 0.6 is 0 Å². The van der Waals surface area contributed by atoms with Crippen molar-refractivity contribution in [2.24, 2.45) is 0 Å². The van der Waals surface area contributed by atoms with Gasteiger partial charge in [0, 0.05) is 6.42 Å². The number of rotatable bonds is 2. The number of carbonyl (C=O) groups is 1. The van der Waals surface area contributed by atoms with Crippen LogP contribution in [0.1, 0.15) is 29.5 Å². The standard InChI is InChI=1S/C13H11F3O/c14-13(15,16)12-4-3-10-2-1-9(5-6-17)7-11(10)8-12/h3-4,6-8H,1-2,5H2. The molecule has 1 nitrogen and oxygen atoms in total. The van der Waals surface area contributed by atoms with E-state index in [0.717, 1.165) is 36.0 Å². The summed E-state index contributed by atoms with van der Waals surface area (Å²) in [6, 6.07) is 3.78. The molecule has 0 aromatic heterocycles. The van der Waals surface area contributed by atoms with Gasteiger partial charge < -0.3 is 4.79 Å². The highest BCUT2D eigenvalue weighted by atomic mass is 19.4. The molecule has 0 radical (unpaired) electrons. The fraction of sp³-hybridized carbons (Fsp3) is 0.308. The van der Waals surface area contributed by atoms with Crippen molar-refractivity contribution >= 4 is 12.4 Å². The van der Waals surface area contributed by atoms with E-state index in [1.807, 2.05) is 0 Å². The molecule has 0 spiro atoms. The number of fused-ring (bicyclic) bond motifs is 1. The van der Waals surface area contributed by atoms with Gasteiger partial charge in [0.25, 0.3) is 0 Å². The Morgan fingerprint density at radius 2 is 2.00 bits per heavy atom. The van der Waals surface area contributed by atoms with Crippen molar-refractivity contribution in [1.29, 1.82) is 0 Å². The van der Waals surface area contributed by atoms with Crippen LogP contribution < -0.4 is 0 Å². The first-order chi connectivity index (χ1) is 8.00. The third-order valence-electron chi connectivity index (χ3n) is 2.89. The number of benzene rings is 1. The fourth-order valence-electron chi connectivity index (χ4n) is 1.99. The van der Waals surface area contributed by atoms with Crippen LogP contribution in [0.5, 0.6) is 0 Å². The highest BCUT2D eigenvalue weighted by Crippen LogP contribution is 2.33. The lowest BCUT2D eigenvalue weighted by Gasteiger charge is -2.17. The summed E-state index contributed by atoms with van der Waals surface area (Å²) in [5, 5.41) is 0. The summed E-state index contributed by atoms with van der Waals surface area (Å²) in [5.41, 5.74) is 1.75. The van der Waals surface area contributed by atoms with Gasteiger partial charge in [0.05, 0.1) is 5.56 Å². The van der Waals surface area contributed by atoms with E-state index in [0.29, 0.717) is 18.4 Å². The molecular formula is C13H11F3O. The van der Waals surface area contributed by atoms with Crippen molar-refractivity contribution < 1.29 is 18.0 Å². The van der Waals surface area contributed by atoms with Gasteiger partial charge in [-0.1, -0.05) is 17.7 Å². The van der Waals surface area contributed by atoms with Crippen molar-refractivity contribution in [2.75, 3.05) is 0 Å². The zero-order chi connectivity index (χ0) is 12.5. The molecule has 1 aromatic rings. The van der Waals surface area contributed by atoms with E-state index in [9.17, 15) is 18.0 Å². The van der Waals surface area contributed by atoms with Crippen LogP contribution in [-0.4, -0.2) is 6.29 Å². The molecule has 17 heavy (non-hydrogen) atoms. The molecule has 0 amide bonds. The average Bonchev–Trinajstić information content (AvgIpc) is 2.27. The lowest BCUT2D eigenvalue weighted by atomic mass is 9.90. The zero-order valence-corrected chi connectivity index (χ0v) is 9.05. The molecule has 2 rings (SSSR count). The number of hydrogen-bond acceptors (Lipinski definition) is 1. The number of halogens is 3. The second-order valence-electron chi connectivity index (χ2n) is 4.08. The molecule has 0 atom stereocenters. The molecule has 0 saturated carbocycles. The Morgan fingerprint density at radius 1 is 1.24 bits per heavy atom. The fourth-order valence-corrected chi connectivity index (χ4v) is 1.99. The predicted octanol–water partition coefficient (Wildman–Crippen LogP) is 3.62. The molecular weight excluding hydrogens is 229 g/mol. The van der Waals surface area contributed by atoms with Gasteiger partial charge in [-0.2, -0.15) is 13.2 Å². The van der Waals surface area contributed by atoms with Crippen LogP contribution in [0.4, 0.5) is 13.2 Å². The lowest BCUT2D eigenvalue weighted by molar-refractivity contribution is -0.137. The Bertz CT molecular complexity index is 472. The smallest absolute Gasteiger partial charge is 0.303 e. The lowest BCUT2D eigenvalue weighted by Crippen LogP contribution is -2.07. The van der Waals surface area contributed by atoms with Crippen LogP contribution in [0, 0.1) is 0 Å². The molecule has 0 bridgehead atoms. The molecule has 1 aromatic carbocycles. The van der Waals surface area contributed by atoms with E-state index in [2.05, 4.69) is 0 Å². The van der Waals surface area contributed by atoms with Crippen LogP contribution in [0.15, 0.2) is 23.8 Å². The largest absolute Gasteiger partial charge is 0.416 e. The van der Waals surface area contributed by atoms with Crippen LogP contribution in [0.3, 0.4) is 0 Å². The Kier molecular flexibility index (Phi) is 3.05. The van der Waals surface area contributed by atoms with Crippen molar-refractivity contribution in [1.82, 2.24) is 0 Å². The van der Waals surface area contributed by atoms with Gasteiger partial charge in [-0.15, -0.1) is 0 Å². The average molecular weight is 240 g/mol. The molecule has 0 heterocycles. The molecule has 4 heteroatoms. The maximum Gasteiger partial charge on any atom is 0.416 e. The maximum atomic E-state index is 12.5. The summed E-state index contributed by atoms with van der Waals surface area (Å²) in [4.78, 5) is 10.4. The molecule has 0 fully saturated rings. The molecule has 0 N–H and O–H groups in total. The Morgan fingerprint density at radius 3 is 2.65 bits per heavy atom.